The number of fused-ring (bicyclic) bond motifs is 1. The second-order valence-corrected chi connectivity index (χ2v) is 11.4. The summed E-state index contributed by atoms with van der Waals surface area (Å²) in [6, 6.07) is 11.6. The lowest BCUT2D eigenvalue weighted by Gasteiger charge is -2.20. The number of aromatic carboxylic acids is 1. The molecule has 37 heavy (non-hydrogen) atoms. The standard InChI is InChI=1S/C26H22F4N2O4S/c1-25(2,3)17-5-4-6-19(13-17)37(35,36)32-18(9-15-7-8-21(27)20(10-15)24(33)34)11-16-12-23(26(28,29)30)31-14-22(16)32/h4-8,10-14H,9H2,1-3H3,(H,33,34). The molecule has 194 valence electrons. The van der Waals surface area contributed by atoms with Crippen molar-refractivity contribution in [3.05, 3.63) is 94.7 Å². The highest BCUT2D eigenvalue weighted by molar-refractivity contribution is 7.90. The van der Waals surface area contributed by atoms with Gasteiger partial charge in [-0.1, -0.05) is 39.0 Å². The number of pyridine rings is 1. The third-order valence-corrected chi connectivity index (χ3v) is 7.65. The van der Waals surface area contributed by atoms with Gasteiger partial charge in [-0.15, -0.1) is 0 Å². The van der Waals surface area contributed by atoms with Crippen molar-refractivity contribution in [2.75, 3.05) is 0 Å². The van der Waals surface area contributed by atoms with Crippen LogP contribution in [-0.2, 0) is 28.0 Å². The molecule has 0 unspecified atom stereocenters. The predicted octanol–water partition coefficient (Wildman–Crippen LogP) is 6.02. The third-order valence-electron chi connectivity index (χ3n) is 5.89. The molecule has 0 radical (unpaired) electrons. The number of hydrogen-bond donors (Lipinski definition) is 1. The maximum Gasteiger partial charge on any atom is 0.433 e. The number of carbonyl (C=O) groups is 1. The molecular weight excluding hydrogens is 512 g/mol. The highest BCUT2D eigenvalue weighted by atomic mass is 32.2. The highest BCUT2D eigenvalue weighted by Crippen LogP contribution is 2.34. The summed E-state index contributed by atoms with van der Waals surface area (Å²) in [5.41, 5.74) is -1.21. The van der Waals surface area contributed by atoms with E-state index in [1.165, 1.54) is 24.3 Å². The molecule has 0 saturated carbocycles. The zero-order chi connectivity index (χ0) is 27.3. The van der Waals surface area contributed by atoms with E-state index in [-0.39, 0.29) is 38.9 Å². The molecule has 11 heteroatoms. The lowest BCUT2D eigenvalue weighted by Crippen LogP contribution is -2.18. The molecule has 2 aromatic carbocycles. The van der Waals surface area contributed by atoms with Gasteiger partial charge in [-0.25, -0.2) is 26.6 Å². The summed E-state index contributed by atoms with van der Waals surface area (Å²) < 4.78 is 82.5. The molecule has 6 nitrogen and oxygen atoms in total. The lowest BCUT2D eigenvalue weighted by atomic mass is 9.87. The van der Waals surface area contributed by atoms with Crippen LogP contribution in [0.4, 0.5) is 17.6 Å². The number of rotatable bonds is 5. The molecule has 0 aliphatic carbocycles. The maximum atomic E-state index is 13.9. The number of nitrogens with zero attached hydrogens (tertiary/aromatic N) is 2. The molecule has 1 N–H and O–H groups in total. The van der Waals surface area contributed by atoms with Crippen LogP contribution in [-0.4, -0.2) is 28.5 Å². The van der Waals surface area contributed by atoms with Crippen molar-refractivity contribution in [2.24, 2.45) is 0 Å². The van der Waals surface area contributed by atoms with Gasteiger partial charge in [0.2, 0.25) is 0 Å². The average Bonchev–Trinajstić information content (AvgIpc) is 3.17. The first-order chi connectivity index (χ1) is 17.1. The Labute approximate surface area is 210 Å². The molecule has 2 heterocycles. The van der Waals surface area contributed by atoms with Gasteiger partial charge >= 0.3 is 12.1 Å². The maximum absolute atomic E-state index is 13.9. The Morgan fingerprint density at radius 3 is 2.35 bits per heavy atom. The van der Waals surface area contributed by atoms with Gasteiger partial charge in [-0.2, -0.15) is 13.2 Å². The van der Waals surface area contributed by atoms with Crippen LogP contribution in [0.5, 0.6) is 0 Å². The zero-order valence-electron chi connectivity index (χ0n) is 20.0. The van der Waals surface area contributed by atoms with Crippen molar-refractivity contribution in [3.63, 3.8) is 0 Å². The third kappa shape index (κ3) is 5.08. The normalized spacial score (nSPS) is 12.7. The number of alkyl halides is 3. The number of carboxylic acids is 1. The van der Waals surface area contributed by atoms with E-state index in [0.29, 0.717) is 0 Å². The largest absolute Gasteiger partial charge is 0.478 e. The first kappa shape index (κ1) is 26.3. The molecule has 0 spiro atoms. The van der Waals surface area contributed by atoms with Gasteiger partial charge in [-0.3, -0.25) is 0 Å². The molecule has 4 aromatic rings. The minimum absolute atomic E-state index is 0.0200. The molecule has 0 bridgehead atoms. The Balaban J connectivity index is 1.95. The molecular formula is C26H22F4N2O4S. The van der Waals surface area contributed by atoms with E-state index in [4.69, 9.17) is 0 Å². The van der Waals surface area contributed by atoms with Crippen LogP contribution in [0.3, 0.4) is 0 Å². The molecule has 0 atom stereocenters. The molecule has 0 amide bonds. The monoisotopic (exact) mass is 534 g/mol. The summed E-state index contributed by atoms with van der Waals surface area (Å²) in [5, 5.41) is 9.23. The summed E-state index contributed by atoms with van der Waals surface area (Å²) in [5.74, 6) is -2.48. The quantitative estimate of drug-likeness (QED) is 0.317. The van der Waals surface area contributed by atoms with Crippen LogP contribution in [0, 0.1) is 5.82 Å². The van der Waals surface area contributed by atoms with E-state index in [9.17, 15) is 35.9 Å². The van der Waals surface area contributed by atoms with E-state index in [0.717, 1.165) is 33.9 Å². The highest BCUT2D eigenvalue weighted by Gasteiger charge is 2.34. The molecule has 0 saturated heterocycles. The van der Waals surface area contributed by atoms with Gasteiger partial charge in [0.1, 0.15) is 11.5 Å². The van der Waals surface area contributed by atoms with E-state index < -0.39 is 39.2 Å². The number of benzene rings is 2. The van der Waals surface area contributed by atoms with Crippen LogP contribution in [0.15, 0.2) is 65.7 Å². The molecule has 2 aromatic heterocycles. The van der Waals surface area contributed by atoms with Crippen molar-refractivity contribution in [2.45, 2.75) is 43.7 Å². The van der Waals surface area contributed by atoms with E-state index >= 15 is 0 Å². The predicted molar refractivity (Wildman–Crippen MR) is 129 cm³/mol. The second-order valence-electron chi connectivity index (χ2n) is 9.61. The number of carboxylic acid groups (broad SMARTS) is 1. The van der Waals surface area contributed by atoms with Crippen molar-refractivity contribution in [1.29, 1.82) is 0 Å². The first-order valence-electron chi connectivity index (χ1n) is 11.0. The first-order valence-corrected chi connectivity index (χ1v) is 12.5. The minimum atomic E-state index is -4.75. The SMILES string of the molecule is CC(C)(C)c1cccc(S(=O)(=O)n2c(Cc3ccc(F)c(C(=O)O)c3)cc3cc(C(F)(F)F)ncc32)c1. The fourth-order valence-electron chi connectivity index (χ4n) is 3.99. The Kier molecular flexibility index (Phi) is 6.39. The molecule has 0 aliphatic rings. The van der Waals surface area contributed by atoms with E-state index in [2.05, 4.69) is 4.98 Å². The molecule has 0 fully saturated rings. The van der Waals surface area contributed by atoms with Crippen molar-refractivity contribution >= 4 is 26.9 Å². The zero-order valence-corrected chi connectivity index (χ0v) is 20.8. The topological polar surface area (TPSA) is 89.3 Å². The van der Waals surface area contributed by atoms with Gasteiger partial charge < -0.3 is 5.11 Å². The van der Waals surface area contributed by atoms with Gasteiger partial charge in [-0.05, 0) is 52.9 Å². The van der Waals surface area contributed by atoms with Crippen molar-refractivity contribution in [1.82, 2.24) is 8.96 Å². The van der Waals surface area contributed by atoms with Gasteiger partial charge in [0.25, 0.3) is 10.0 Å². The van der Waals surface area contributed by atoms with Gasteiger partial charge in [0.15, 0.2) is 0 Å². The van der Waals surface area contributed by atoms with Crippen LogP contribution in [0.2, 0.25) is 0 Å². The van der Waals surface area contributed by atoms with Gasteiger partial charge in [0.05, 0.1) is 22.2 Å². The summed E-state index contributed by atoms with van der Waals surface area (Å²) in [6.45, 7) is 5.73. The molecule has 0 aliphatic heterocycles. The van der Waals surface area contributed by atoms with Crippen molar-refractivity contribution in [3.8, 4) is 0 Å². The van der Waals surface area contributed by atoms with Crippen LogP contribution in [0.1, 0.15) is 53.6 Å². The summed E-state index contributed by atoms with van der Waals surface area (Å²) in [7, 11) is -4.33. The average molecular weight is 535 g/mol. The Hall–Kier alpha value is -3.73. The fraction of sp³-hybridized carbons (Fsp3) is 0.231. The minimum Gasteiger partial charge on any atom is -0.478 e. The summed E-state index contributed by atoms with van der Waals surface area (Å²) in [6.07, 6.45) is -4.10. The Bertz CT molecular complexity index is 1630. The summed E-state index contributed by atoms with van der Waals surface area (Å²) >= 11 is 0. The van der Waals surface area contributed by atoms with Gasteiger partial charge in [0, 0.05) is 17.5 Å². The number of halogens is 4. The summed E-state index contributed by atoms with van der Waals surface area (Å²) in [4.78, 5) is 14.7. The van der Waals surface area contributed by atoms with Crippen LogP contribution < -0.4 is 0 Å². The fourth-order valence-corrected chi connectivity index (χ4v) is 5.56. The smallest absolute Gasteiger partial charge is 0.433 e. The Morgan fingerprint density at radius 2 is 1.73 bits per heavy atom. The lowest BCUT2D eigenvalue weighted by molar-refractivity contribution is -0.141. The Morgan fingerprint density at radius 1 is 1.03 bits per heavy atom. The number of hydrogen-bond acceptors (Lipinski definition) is 4. The number of aromatic nitrogens is 2. The van der Waals surface area contributed by atoms with Crippen LogP contribution >= 0.6 is 0 Å². The van der Waals surface area contributed by atoms with E-state index in [1.54, 1.807) is 12.1 Å². The molecule has 4 rings (SSSR count). The van der Waals surface area contributed by atoms with Crippen molar-refractivity contribution < 1.29 is 35.9 Å². The van der Waals surface area contributed by atoms with Crippen LogP contribution in [0.25, 0.3) is 10.9 Å². The van der Waals surface area contributed by atoms with E-state index in [1.807, 2.05) is 20.8 Å². The second kappa shape index (κ2) is 8.98.